The predicted molar refractivity (Wildman–Crippen MR) is 77.8 cm³/mol. The number of nitrogens with one attached hydrogen (secondary N) is 2. The SMILES string of the molecule is CCCC(NC(=O)[C@@H]1CCCNC1)c1ccccc1. The smallest absolute Gasteiger partial charge is 0.224 e. The van der Waals surface area contributed by atoms with Crippen LogP contribution >= 0.6 is 0 Å². The molecule has 2 atom stereocenters. The van der Waals surface area contributed by atoms with E-state index in [0.29, 0.717) is 0 Å². The lowest BCUT2D eigenvalue weighted by Crippen LogP contribution is -2.41. The molecule has 1 unspecified atom stereocenters. The standard InChI is InChI=1S/C16H24N2O/c1-2-7-15(13-8-4-3-5-9-13)18-16(19)14-10-6-11-17-12-14/h3-5,8-9,14-15,17H,2,6-7,10-12H2,1H3,(H,18,19)/t14-,15?/m1/s1. The number of hydrogen-bond donors (Lipinski definition) is 2. The van der Waals surface area contributed by atoms with Crippen molar-refractivity contribution < 1.29 is 4.79 Å². The Bertz CT molecular complexity index is 385. The lowest BCUT2D eigenvalue weighted by atomic mass is 9.96. The molecule has 0 radical (unpaired) electrons. The van der Waals surface area contributed by atoms with E-state index in [1.54, 1.807) is 0 Å². The van der Waals surface area contributed by atoms with Crippen LogP contribution in [0.15, 0.2) is 30.3 Å². The Morgan fingerprint density at radius 3 is 2.84 bits per heavy atom. The number of rotatable bonds is 5. The molecule has 0 bridgehead atoms. The molecular formula is C16H24N2O. The van der Waals surface area contributed by atoms with Gasteiger partial charge in [-0.25, -0.2) is 0 Å². The molecule has 2 N–H and O–H groups in total. The fourth-order valence-corrected chi connectivity index (χ4v) is 2.66. The average molecular weight is 260 g/mol. The second-order valence-corrected chi connectivity index (χ2v) is 5.30. The molecule has 104 valence electrons. The Hall–Kier alpha value is -1.35. The van der Waals surface area contributed by atoms with Crippen molar-refractivity contribution in [3.63, 3.8) is 0 Å². The minimum atomic E-state index is 0.136. The number of carbonyl (C=O) groups excluding carboxylic acids is 1. The molecule has 1 aliphatic heterocycles. The lowest BCUT2D eigenvalue weighted by Gasteiger charge is -2.25. The topological polar surface area (TPSA) is 41.1 Å². The molecule has 1 heterocycles. The molecule has 1 amide bonds. The Kier molecular flexibility index (Phi) is 5.40. The van der Waals surface area contributed by atoms with Gasteiger partial charge in [-0.1, -0.05) is 43.7 Å². The minimum absolute atomic E-state index is 0.136. The van der Waals surface area contributed by atoms with Gasteiger partial charge in [-0.05, 0) is 31.4 Å². The molecule has 1 aliphatic rings. The Morgan fingerprint density at radius 1 is 1.42 bits per heavy atom. The first-order chi connectivity index (χ1) is 9.31. The van der Waals surface area contributed by atoms with Crippen molar-refractivity contribution in [1.82, 2.24) is 10.6 Å². The normalized spacial score (nSPS) is 20.8. The summed E-state index contributed by atoms with van der Waals surface area (Å²) in [6, 6.07) is 10.4. The van der Waals surface area contributed by atoms with Gasteiger partial charge in [0.05, 0.1) is 12.0 Å². The van der Waals surface area contributed by atoms with Crippen molar-refractivity contribution in [3.8, 4) is 0 Å². The average Bonchev–Trinajstić information content (AvgIpc) is 2.48. The second-order valence-electron chi connectivity index (χ2n) is 5.30. The third kappa shape index (κ3) is 4.06. The van der Waals surface area contributed by atoms with E-state index in [4.69, 9.17) is 0 Å². The highest BCUT2D eigenvalue weighted by atomic mass is 16.2. The largest absolute Gasteiger partial charge is 0.349 e. The summed E-state index contributed by atoms with van der Waals surface area (Å²) in [7, 11) is 0. The summed E-state index contributed by atoms with van der Waals surface area (Å²) in [5, 5.41) is 6.52. The zero-order chi connectivity index (χ0) is 13.5. The summed E-state index contributed by atoms with van der Waals surface area (Å²) in [5.41, 5.74) is 1.21. The quantitative estimate of drug-likeness (QED) is 0.854. The summed E-state index contributed by atoms with van der Waals surface area (Å²) in [6.07, 6.45) is 4.17. The van der Waals surface area contributed by atoms with Gasteiger partial charge < -0.3 is 10.6 Å². The molecule has 1 saturated heterocycles. The number of amides is 1. The van der Waals surface area contributed by atoms with E-state index in [0.717, 1.165) is 38.8 Å². The monoisotopic (exact) mass is 260 g/mol. The van der Waals surface area contributed by atoms with Gasteiger partial charge in [0.2, 0.25) is 5.91 Å². The fourth-order valence-electron chi connectivity index (χ4n) is 2.66. The maximum absolute atomic E-state index is 12.3. The van der Waals surface area contributed by atoms with Gasteiger partial charge in [-0.15, -0.1) is 0 Å². The third-order valence-corrected chi connectivity index (χ3v) is 3.76. The predicted octanol–water partition coefficient (Wildman–Crippen LogP) is 2.64. The maximum Gasteiger partial charge on any atom is 0.224 e. The number of carbonyl (C=O) groups is 1. The van der Waals surface area contributed by atoms with Crippen molar-refractivity contribution in [2.75, 3.05) is 13.1 Å². The van der Waals surface area contributed by atoms with Crippen molar-refractivity contribution in [2.45, 2.75) is 38.6 Å². The van der Waals surface area contributed by atoms with Crippen molar-refractivity contribution >= 4 is 5.91 Å². The van der Waals surface area contributed by atoms with Gasteiger partial charge in [-0.2, -0.15) is 0 Å². The molecule has 3 heteroatoms. The molecule has 2 rings (SSSR count). The van der Waals surface area contributed by atoms with Crippen LogP contribution in [0.2, 0.25) is 0 Å². The van der Waals surface area contributed by atoms with E-state index < -0.39 is 0 Å². The van der Waals surface area contributed by atoms with Gasteiger partial charge in [0.1, 0.15) is 0 Å². The molecule has 3 nitrogen and oxygen atoms in total. The van der Waals surface area contributed by atoms with Crippen LogP contribution in [-0.2, 0) is 4.79 Å². The van der Waals surface area contributed by atoms with Crippen LogP contribution in [0.4, 0.5) is 0 Å². The summed E-state index contributed by atoms with van der Waals surface area (Å²) in [6.45, 7) is 4.02. The molecule has 0 aromatic heterocycles. The van der Waals surface area contributed by atoms with E-state index in [1.165, 1.54) is 5.56 Å². The van der Waals surface area contributed by atoms with Crippen LogP contribution in [0.3, 0.4) is 0 Å². The molecule has 0 spiro atoms. The highest BCUT2D eigenvalue weighted by molar-refractivity contribution is 5.79. The molecule has 19 heavy (non-hydrogen) atoms. The number of piperidine rings is 1. The zero-order valence-electron chi connectivity index (χ0n) is 11.7. The van der Waals surface area contributed by atoms with Gasteiger partial charge in [0, 0.05) is 6.54 Å². The van der Waals surface area contributed by atoms with Crippen LogP contribution in [0.1, 0.15) is 44.2 Å². The van der Waals surface area contributed by atoms with E-state index in [9.17, 15) is 4.79 Å². The first-order valence-corrected chi connectivity index (χ1v) is 7.37. The van der Waals surface area contributed by atoms with Gasteiger partial charge in [0.15, 0.2) is 0 Å². The zero-order valence-corrected chi connectivity index (χ0v) is 11.7. The number of benzene rings is 1. The Morgan fingerprint density at radius 2 is 2.21 bits per heavy atom. The summed E-state index contributed by atoms with van der Waals surface area (Å²) >= 11 is 0. The third-order valence-electron chi connectivity index (χ3n) is 3.76. The van der Waals surface area contributed by atoms with Gasteiger partial charge >= 0.3 is 0 Å². The van der Waals surface area contributed by atoms with Gasteiger partial charge in [-0.3, -0.25) is 4.79 Å². The Labute approximate surface area is 115 Å². The van der Waals surface area contributed by atoms with E-state index >= 15 is 0 Å². The van der Waals surface area contributed by atoms with E-state index in [-0.39, 0.29) is 17.9 Å². The summed E-state index contributed by atoms with van der Waals surface area (Å²) in [5.74, 6) is 0.339. The molecule has 1 aromatic rings. The fraction of sp³-hybridized carbons (Fsp3) is 0.562. The number of hydrogen-bond acceptors (Lipinski definition) is 2. The van der Waals surface area contributed by atoms with Crippen molar-refractivity contribution in [1.29, 1.82) is 0 Å². The molecule has 1 fully saturated rings. The molecular weight excluding hydrogens is 236 g/mol. The highest BCUT2D eigenvalue weighted by Gasteiger charge is 2.23. The molecule has 0 saturated carbocycles. The van der Waals surface area contributed by atoms with E-state index in [2.05, 4.69) is 29.7 Å². The minimum Gasteiger partial charge on any atom is -0.349 e. The first kappa shape index (κ1) is 14.1. The lowest BCUT2D eigenvalue weighted by molar-refractivity contribution is -0.126. The van der Waals surface area contributed by atoms with E-state index in [1.807, 2.05) is 18.2 Å². The second kappa shape index (κ2) is 7.29. The highest BCUT2D eigenvalue weighted by Crippen LogP contribution is 2.20. The van der Waals surface area contributed by atoms with Crippen molar-refractivity contribution in [2.24, 2.45) is 5.92 Å². The van der Waals surface area contributed by atoms with Crippen molar-refractivity contribution in [3.05, 3.63) is 35.9 Å². The maximum atomic E-state index is 12.3. The first-order valence-electron chi connectivity index (χ1n) is 7.37. The Balaban J connectivity index is 1.98. The van der Waals surface area contributed by atoms with Gasteiger partial charge in [0.25, 0.3) is 0 Å². The summed E-state index contributed by atoms with van der Waals surface area (Å²) < 4.78 is 0. The van der Waals surface area contributed by atoms with Crippen LogP contribution in [0.5, 0.6) is 0 Å². The summed E-state index contributed by atoms with van der Waals surface area (Å²) in [4.78, 5) is 12.3. The van der Waals surface area contributed by atoms with Crippen LogP contribution in [0, 0.1) is 5.92 Å². The molecule has 1 aromatic carbocycles. The molecule has 0 aliphatic carbocycles. The van der Waals surface area contributed by atoms with Crippen LogP contribution in [-0.4, -0.2) is 19.0 Å². The van der Waals surface area contributed by atoms with Crippen LogP contribution in [0.25, 0.3) is 0 Å². The van der Waals surface area contributed by atoms with Crippen LogP contribution < -0.4 is 10.6 Å².